The minimum atomic E-state index is 0.0248. The first kappa shape index (κ1) is 10.8. The van der Waals surface area contributed by atoms with Gasteiger partial charge in [0.1, 0.15) is 5.75 Å². The fraction of sp³-hybridized carbons (Fsp3) is 0.417. The third-order valence-corrected chi connectivity index (χ3v) is 2.15. The van der Waals surface area contributed by atoms with Gasteiger partial charge in [0.2, 0.25) is 0 Å². The minimum Gasteiger partial charge on any atom is -0.507 e. The van der Waals surface area contributed by atoms with Gasteiger partial charge < -0.3 is 5.11 Å². The maximum atomic E-state index is 11.6. The average molecular weight is 192 g/mol. The first-order valence-corrected chi connectivity index (χ1v) is 4.92. The van der Waals surface area contributed by atoms with Gasteiger partial charge >= 0.3 is 0 Å². The van der Waals surface area contributed by atoms with Crippen molar-refractivity contribution in [2.24, 2.45) is 5.92 Å². The van der Waals surface area contributed by atoms with Gasteiger partial charge in [-0.15, -0.1) is 0 Å². The number of hydrogen-bond donors (Lipinski definition) is 1. The number of phenols is 1. The number of phenolic OH excluding ortho intramolecular Hbond substituents is 1. The summed E-state index contributed by atoms with van der Waals surface area (Å²) < 4.78 is 0. The zero-order valence-electron chi connectivity index (χ0n) is 8.66. The summed E-state index contributed by atoms with van der Waals surface area (Å²) in [6, 6.07) is 6.69. The monoisotopic (exact) mass is 192 g/mol. The Hall–Kier alpha value is -1.31. The van der Waals surface area contributed by atoms with Crippen molar-refractivity contribution in [1.82, 2.24) is 0 Å². The van der Waals surface area contributed by atoms with Crippen LogP contribution in [0.3, 0.4) is 0 Å². The molecule has 1 aromatic rings. The van der Waals surface area contributed by atoms with E-state index in [0.717, 1.165) is 6.42 Å². The molecule has 1 rings (SSSR count). The molecular formula is C12H16O2. The number of para-hydroxylation sites is 1. The van der Waals surface area contributed by atoms with E-state index in [9.17, 15) is 9.90 Å². The van der Waals surface area contributed by atoms with E-state index in [2.05, 4.69) is 13.8 Å². The second kappa shape index (κ2) is 4.80. The van der Waals surface area contributed by atoms with Gasteiger partial charge in [0.25, 0.3) is 0 Å². The molecule has 0 spiro atoms. The molecule has 1 aromatic carbocycles. The second-order valence-electron chi connectivity index (χ2n) is 3.87. The van der Waals surface area contributed by atoms with Crippen molar-refractivity contribution < 1.29 is 9.90 Å². The third kappa shape index (κ3) is 2.87. The van der Waals surface area contributed by atoms with Gasteiger partial charge in [0, 0.05) is 6.42 Å². The molecule has 0 amide bonds. The highest BCUT2D eigenvalue weighted by atomic mass is 16.3. The van der Waals surface area contributed by atoms with Crippen LogP contribution in [0.25, 0.3) is 0 Å². The summed E-state index contributed by atoms with van der Waals surface area (Å²) in [6.07, 6.45) is 1.38. The molecule has 0 saturated heterocycles. The summed E-state index contributed by atoms with van der Waals surface area (Å²) >= 11 is 0. The molecule has 0 radical (unpaired) electrons. The summed E-state index contributed by atoms with van der Waals surface area (Å²) in [5.41, 5.74) is 0.438. The number of aromatic hydroxyl groups is 1. The Kier molecular flexibility index (Phi) is 3.69. The summed E-state index contributed by atoms with van der Waals surface area (Å²) in [5.74, 6) is 0.628. The fourth-order valence-electron chi connectivity index (χ4n) is 1.26. The molecule has 0 saturated carbocycles. The quantitative estimate of drug-likeness (QED) is 0.744. The van der Waals surface area contributed by atoms with E-state index in [4.69, 9.17) is 0 Å². The summed E-state index contributed by atoms with van der Waals surface area (Å²) in [5, 5.41) is 9.43. The van der Waals surface area contributed by atoms with E-state index in [1.807, 2.05) is 0 Å². The summed E-state index contributed by atoms with van der Waals surface area (Å²) in [4.78, 5) is 11.6. The zero-order chi connectivity index (χ0) is 10.6. The molecule has 0 bridgehead atoms. The van der Waals surface area contributed by atoms with Crippen molar-refractivity contribution in [2.45, 2.75) is 26.7 Å². The van der Waals surface area contributed by atoms with Gasteiger partial charge in [-0.25, -0.2) is 0 Å². The second-order valence-corrected chi connectivity index (χ2v) is 3.87. The first-order chi connectivity index (χ1) is 6.61. The van der Waals surface area contributed by atoms with Crippen LogP contribution < -0.4 is 0 Å². The maximum absolute atomic E-state index is 11.6. The molecule has 0 heterocycles. The number of Topliss-reactive ketones (excluding diaryl/α,β-unsaturated/α-hetero) is 1. The number of rotatable bonds is 4. The van der Waals surface area contributed by atoms with Crippen LogP contribution in [-0.2, 0) is 0 Å². The van der Waals surface area contributed by atoms with Crippen LogP contribution in [0, 0.1) is 5.92 Å². The number of carbonyl (C=O) groups is 1. The van der Waals surface area contributed by atoms with Gasteiger partial charge in [-0.3, -0.25) is 4.79 Å². The molecule has 0 aliphatic rings. The lowest BCUT2D eigenvalue weighted by Gasteiger charge is -2.05. The van der Waals surface area contributed by atoms with Crippen LogP contribution in [0.1, 0.15) is 37.0 Å². The van der Waals surface area contributed by atoms with Crippen molar-refractivity contribution in [3.8, 4) is 5.75 Å². The topological polar surface area (TPSA) is 37.3 Å². The number of hydrogen-bond acceptors (Lipinski definition) is 2. The van der Waals surface area contributed by atoms with Crippen LogP contribution in [0.5, 0.6) is 5.75 Å². The molecule has 76 valence electrons. The standard InChI is InChI=1S/C12H16O2/c1-9(2)7-8-12(14)10-5-3-4-6-11(10)13/h3-6,9,13H,7-8H2,1-2H3. The molecule has 2 nitrogen and oxygen atoms in total. The zero-order valence-corrected chi connectivity index (χ0v) is 8.66. The van der Waals surface area contributed by atoms with Crippen molar-refractivity contribution in [3.05, 3.63) is 29.8 Å². The lowest BCUT2D eigenvalue weighted by atomic mass is 10.0. The fourth-order valence-corrected chi connectivity index (χ4v) is 1.26. The van der Waals surface area contributed by atoms with E-state index < -0.39 is 0 Å². The van der Waals surface area contributed by atoms with E-state index in [-0.39, 0.29) is 11.5 Å². The van der Waals surface area contributed by atoms with E-state index >= 15 is 0 Å². The van der Waals surface area contributed by atoms with Crippen molar-refractivity contribution in [2.75, 3.05) is 0 Å². The Morgan fingerprint density at radius 2 is 2.00 bits per heavy atom. The van der Waals surface area contributed by atoms with Crippen molar-refractivity contribution in [1.29, 1.82) is 0 Å². The Morgan fingerprint density at radius 1 is 1.36 bits per heavy atom. The Morgan fingerprint density at radius 3 is 2.57 bits per heavy atom. The molecule has 0 unspecified atom stereocenters. The van der Waals surface area contributed by atoms with Gasteiger partial charge in [-0.2, -0.15) is 0 Å². The maximum Gasteiger partial charge on any atom is 0.166 e. The Bertz CT molecular complexity index is 316. The molecule has 1 N–H and O–H groups in total. The highest BCUT2D eigenvalue weighted by molar-refractivity contribution is 5.98. The summed E-state index contributed by atoms with van der Waals surface area (Å²) in [6.45, 7) is 4.16. The third-order valence-electron chi connectivity index (χ3n) is 2.15. The molecule has 0 aliphatic heterocycles. The highest BCUT2D eigenvalue weighted by Gasteiger charge is 2.10. The van der Waals surface area contributed by atoms with Crippen LogP contribution in [0.15, 0.2) is 24.3 Å². The smallest absolute Gasteiger partial charge is 0.166 e. The minimum absolute atomic E-state index is 0.0248. The Balaban J connectivity index is 2.65. The average Bonchev–Trinajstić information content (AvgIpc) is 2.15. The predicted octanol–water partition coefficient (Wildman–Crippen LogP) is 3.01. The molecule has 0 fully saturated rings. The highest BCUT2D eigenvalue weighted by Crippen LogP contribution is 2.19. The Labute approximate surface area is 84.6 Å². The largest absolute Gasteiger partial charge is 0.507 e. The summed E-state index contributed by atoms with van der Waals surface area (Å²) in [7, 11) is 0. The lowest BCUT2D eigenvalue weighted by molar-refractivity contribution is 0.0973. The van der Waals surface area contributed by atoms with Gasteiger partial charge in [-0.1, -0.05) is 26.0 Å². The normalized spacial score (nSPS) is 10.5. The molecular weight excluding hydrogens is 176 g/mol. The van der Waals surface area contributed by atoms with Crippen LogP contribution in [0.4, 0.5) is 0 Å². The molecule has 14 heavy (non-hydrogen) atoms. The van der Waals surface area contributed by atoms with Gasteiger partial charge in [0.05, 0.1) is 5.56 Å². The molecule has 0 aromatic heterocycles. The van der Waals surface area contributed by atoms with Crippen LogP contribution in [-0.4, -0.2) is 10.9 Å². The van der Waals surface area contributed by atoms with Crippen LogP contribution >= 0.6 is 0 Å². The van der Waals surface area contributed by atoms with E-state index in [1.165, 1.54) is 0 Å². The molecule has 0 aliphatic carbocycles. The predicted molar refractivity (Wildman–Crippen MR) is 56.5 cm³/mol. The SMILES string of the molecule is CC(C)CCC(=O)c1ccccc1O. The molecule has 2 heteroatoms. The number of benzene rings is 1. The van der Waals surface area contributed by atoms with Gasteiger partial charge in [-0.05, 0) is 24.5 Å². The van der Waals surface area contributed by atoms with Crippen molar-refractivity contribution in [3.63, 3.8) is 0 Å². The van der Waals surface area contributed by atoms with Crippen molar-refractivity contribution >= 4 is 5.78 Å². The van der Waals surface area contributed by atoms with E-state index in [0.29, 0.717) is 17.9 Å². The first-order valence-electron chi connectivity index (χ1n) is 4.92. The van der Waals surface area contributed by atoms with Gasteiger partial charge in [0.15, 0.2) is 5.78 Å². The number of carbonyl (C=O) groups excluding carboxylic acids is 1. The lowest BCUT2D eigenvalue weighted by Crippen LogP contribution is -2.01. The molecule has 0 atom stereocenters. The van der Waals surface area contributed by atoms with Crippen LogP contribution in [0.2, 0.25) is 0 Å². The number of ketones is 1. The van der Waals surface area contributed by atoms with E-state index in [1.54, 1.807) is 24.3 Å².